The van der Waals surface area contributed by atoms with Crippen molar-refractivity contribution in [3.63, 3.8) is 0 Å². The molecule has 6 nitrogen and oxygen atoms in total. The molecule has 37 heavy (non-hydrogen) atoms. The van der Waals surface area contributed by atoms with E-state index >= 15 is 0 Å². The molecule has 3 aromatic rings. The van der Waals surface area contributed by atoms with E-state index < -0.39 is 0 Å². The molecule has 0 spiro atoms. The smallest absolute Gasteiger partial charge is 0.270 e. The van der Waals surface area contributed by atoms with Crippen LogP contribution in [0.1, 0.15) is 23.6 Å². The summed E-state index contributed by atoms with van der Waals surface area (Å²) in [6.07, 6.45) is 1.76. The van der Waals surface area contributed by atoms with Crippen LogP contribution < -0.4 is 19.7 Å². The van der Waals surface area contributed by atoms with E-state index in [1.165, 1.54) is 16.7 Å². The van der Waals surface area contributed by atoms with E-state index in [0.29, 0.717) is 43.7 Å². The number of carbonyl (C=O) groups excluding carboxylic acids is 2. The summed E-state index contributed by atoms with van der Waals surface area (Å²) in [4.78, 5) is 27.5. The highest BCUT2D eigenvalue weighted by Crippen LogP contribution is 2.37. The molecule has 2 amide bonds. The molecule has 1 aliphatic rings. The summed E-state index contributed by atoms with van der Waals surface area (Å²) in [5.41, 5.74) is 4.37. The molecule has 0 saturated carbocycles. The topological polar surface area (TPSA) is 67.9 Å². The van der Waals surface area contributed by atoms with Crippen LogP contribution in [-0.4, -0.2) is 29.3 Å². The lowest BCUT2D eigenvalue weighted by molar-refractivity contribution is -0.118. The Morgan fingerprint density at radius 3 is 2.49 bits per heavy atom. The number of carbonyl (C=O) groups is 2. The number of halogens is 1. The fourth-order valence-corrected chi connectivity index (χ4v) is 5.02. The van der Waals surface area contributed by atoms with Gasteiger partial charge in [0.2, 0.25) is 0 Å². The van der Waals surface area contributed by atoms with Crippen molar-refractivity contribution < 1.29 is 19.1 Å². The van der Waals surface area contributed by atoms with E-state index in [4.69, 9.17) is 33.3 Å². The van der Waals surface area contributed by atoms with Crippen molar-refractivity contribution in [1.29, 1.82) is 0 Å². The second-order valence-electron chi connectivity index (χ2n) is 8.27. The highest BCUT2D eigenvalue weighted by molar-refractivity contribution is 8.27. The number of ether oxygens (including phenoxy) is 2. The fraction of sp³-hybridized carbons (Fsp3) is 0.179. The summed E-state index contributed by atoms with van der Waals surface area (Å²) >= 11 is 12.6. The average Bonchev–Trinajstić information content (AvgIpc) is 3.14. The number of anilines is 2. The third kappa shape index (κ3) is 6.52. The summed E-state index contributed by atoms with van der Waals surface area (Å²) < 4.78 is 11.9. The van der Waals surface area contributed by atoms with E-state index in [9.17, 15) is 9.59 Å². The number of nitrogens with zero attached hydrogens (tertiary/aromatic N) is 1. The molecule has 1 aliphatic heterocycles. The van der Waals surface area contributed by atoms with Crippen molar-refractivity contribution in [2.75, 3.05) is 23.4 Å². The van der Waals surface area contributed by atoms with Gasteiger partial charge in [-0.25, -0.2) is 0 Å². The van der Waals surface area contributed by atoms with E-state index in [1.54, 1.807) is 48.5 Å². The lowest BCUT2D eigenvalue weighted by Gasteiger charge is -2.14. The van der Waals surface area contributed by atoms with Gasteiger partial charge < -0.3 is 14.8 Å². The second kappa shape index (κ2) is 11.8. The van der Waals surface area contributed by atoms with Gasteiger partial charge in [-0.1, -0.05) is 47.7 Å². The number of hydrogen-bond acceptors (Lipinski definition) is 6. The maximum Gasteiger partial charge on any atom is 0.270 e. The van der Waals surface area contributed by atoms with Crippen molar-refractivity contribution in [2.45, 2.75) is 20.8 Å². The molecule has 1 heterocycles. The number of amides is 2. The highest BCUT2D eigenvalue weighted by atomic mass is 35.5. The molecule has 4 rings (SSSR count). The molecule has 0 atom stereocenters. The van der Waals surface area contributed by atoms with E-state index in [0.717, 1.165) is 16.7 Å². The second-order valence-corrected chi connectivity index (χ2v) is 10.4. The number of thiocarbonyl (C=S) groups is 1. The first kappa shape index (κ1) is 26.7. The Bertz CT molecular complexity index is 1390. The molecule has 0 unspecified atom stereocenters. The van der Waals surface area contributed by atoms with Gasteiger partial charge >= 0.3 is 0 Å². The zero-order valence-electron chi connectivity index (χ0n) is 20.5. The number of benzene rings is 3. The van der Waals surface area contributed by atoms with Crippen molar-refractivity contribution >= 4 is 69.2 Å². The minimum Gasteiger partial charge on any atom is -0.490 e. The maximum absolute atomic E-state index is 13.1. The van der Waals surface area contributed by atoms with Crippen molar-refractivity contribution in [3.05, 3.63) is 87.3 Å². The van der Waals surface area contributed by atoms with Crippen LogP contribution in [0.2, 0.25) is 5.02 Å². The fourth-order valence-electron chi connectivity index (χ4n) is 3.59. The largest absolute Gasteiger partial charge is 0.490 e. The number of nitrogens with one attached hydrogen (secondary N) is 1. The first-order chi connectivity index (χ1) is 17.7. The first-order valence-corrected chi connectivity index (χ1v) is 13.2. The molecule has 1 fully saturated rings. The van der Waals surface area contributed by atoms with Gasteiger partial charge in [-0.3, -0.25) is 14.5 Å². The average molecular weight is 553 g/mol. The van der Waals surface area contributed by atoms with E-state index in [2.05, 4.69) is 5.32 Å². The Hall–Kier alpha value is -3.33. The highest BCUT2D eigenvalue weighted by Gasteiger charge is 2.33. The molecule has 190 valence electrons. The standard InChI is InChI=1S/C28H25ClN2O4S2/c1-4-34-24-14-19(15-25-27(33)31(28(36)37-25)22-10-7-20(29)8-11-22)6-12-23(24)35-16-26(32)30-21-9-5-17(2)18(3)13-21/h5-15H,4,16H2,1-3H3,(H,30,32)/b25-15-. The van der Waals surface area contributed by atoms with Crippen molar-refractivity contribution in [1.82, 2.24) is 0 Å². The maximum atomic E-state index is 13.1. The van der Waals surface area contributed by atoms with Crippen LogP contribution in [0.15, 0.2) is 65.6 Å². The van der Waals surface area contributed by atoms with Gasteiger partial charge in [-0.15, -0.1) is 0 Å². The molecule has 0 aliphatic carbocycles. The van der Waals surface area contributed by atoms with Crippen LogP contribution in [0.25, 0.3) is 6.08 Å². The van der Waals surface area contributed by atoms with Crippen LogP contribution in [-0.2, 0) is 9.59 Å². The van der Waals surface area contributed by atoms with Gasteiger partial charge in [0, 0.05) is 10.7 Å². The lowest BCUT2D eigenvalue weighted by atomic mass is 10.1. The van der Waals surface area contributed by atoms with Crippen LogP contribution in [0.5, 0.6) is 11.5 Å². The molecule has 0 radical (unpaired) electrons. The van der Waals surface area contributed by atoms with Crippen LogP contribution in [0.3, 0.4) is 0 Å². The Morgan fingerprint density at radius 2 is 1.78 bits per heavy atom. The van der Waals surface area contributed by atoms with Gasteiger partial charge in [0.05, 0.1) is 17.2 Å². The summed E-state index contributed by atoms with van der Waals surface area (Å²) in [5.74, 6) is 0.422. The summed E-state index contributed by atoms with van der Waals surface area (Å²) in [6.45, 7) is 6.11. The van der Waals surface area contributed by atoms with Crippen LogP contribution in [0.4, 0.5) is 11.4 Å². The zero-order chi connectivity index (χ0) is 26.5. The zero-order valence-corrected chi connectivity index (χ0v) is 22.9. The quantitative estimate of drug-likeness (QED) is 0.245. The minimum atomic E-state index is -0.277. The van der Waals surface area contributed by atoms with E-state index in [-0.39, 0.29) is 18.4 Å². The van der Waals surface area contributed by atoms with Crippen LogP contribution >= 0.6 is 35.6 Å². The summed E-state index contributed by atoms with van der Waals surface area (Å²) in [7, 11) is 0. The number of aryl methyl sites for hydroxylation is 2. The van der Waals surface area contributed by atoms with Crippen molar-refractivity contribution in [2.24, 2.45) is 0 Å². The Kier molecular flexibility index (Phi) is 8.53. The van der Waals surface area contributed by atoms with Gasteiger partial charge in [-0.2, -0.15) is 0 Å². The Morgan fingerprint density at radius 1 is 1.03 bits per heavy atom. The molecule has 1 saturated heterocycles. The van der Waals surface area contributed by atoms with Gasteiger partial charge in [0.15, 0.2) is 22.4 Å². The van der Waals surface area contributed by atoms with Gasteiger partial charge in [0.25, 0.3) is 11.8 Å². The number of hydrogen-bond donors (Lipinski definition) is 1. The predicted molar refractivity (Wildman–Crippen MR) is 155 cm³/mol. The SMILES string of the molecule is CCOc1cc(/C=C2\SC(=S)N(c3ccc(Cl)cc3)C2=O)ccc1OCC(=O)Nc1ccc(C)c(C)c1. The molecule has 3 aromatic carbocycles. The third-order valence-corrected chi connectivity index (χ3v) is 7.15. The molecule has 0 bridgehead atoms. The van der Waals surface area contributed by atoms with Gasteiger partial charge in [-0.05, 0) is 92.1 Å². The normalized spacial score (nSPS) is 14.3. The first-order valence-electron chi connectivity index (χ1n) is 11.6. The molecule has 9 heteroatoms. The molecular formula is C28H25ClN2O4S2. The lowest BCUT2D eigenvalue weighted by Crippen LogP contribution is -2.27. The molecular weight excluding hydrogens is 528 g/mol. The Balaban J connectivity index is 1.46. The summed E-state index contributed by atoms with van der Waals surface area (Å²) in [5, 5.41) is 3.42. The van der Waals surface area contributed by atoms with E-state index in [1.807, 2.05) is 39.0 Å². The predicted octanol–water partition coefficient (Wildman–Crippen LogP) is 6.78. The minimum absolute atomic E-state index is 0.175. The monoisotopic (exact) mass is 552 g/mol. The number of thioether (sulfide) groups is 1. The third-order valence-electron chi connectivity index (χ3n) is 5.59. The molecule has 1 N–H and O–H groups in total. The van der Waals surface area contributed by atoms with Gasteiger partial charge in [0.1, 0.15) is 0 Å². The van der Waals surface area contributed by atoms with Crippen LogP contribution in [0, 0.1) is 13.8 Å². The molecule has 0 aromatic heterocycles. The van der Waals surface area contributed by atoms with Crippen molar-refractivity contribution in [3.8, 4) is 11.5 Å². The summed E-state index contributed by atoms with van der Waals surface area (Å²) in [6, 6.07) is 18.0. The number of rotatable bonds is 8. The Labute approximate surface area is 230 Å².